The minimum absolute atomic E-state index is 0.578. The number of rotatable bonds is 6. The van der Waals surface area contributed by atoms with Crippen LogP contribution >= 0.6 is 27.5 Å². The lowest BCUT2D eigenvalue weighted by molar-refractivity contribution is 0.214. The number of alkyl halides is 1. The van der Waals surface area contributed by atoms with Crippen LogP contribution in [0.2, 0.25) is 5.02 Å². The van der Waals surface area contributed by atoms with Crippen molar-refractivity contribution in [1.82, 2.24) is 4.90 Å². The Bertz CT molecular complexity index is 297. The van der Waals surface area contributed by atoms with Gasteiger partial charge < -0.3 is 0 Å². The standard InChI is InChI=1S/C13H19BrClN/c1-11(2)16(9-3-8-14)10-12-4-6-13(15)7-5-12/h4-7,11H,3,8-10H2,1-2H3. The highest BCUT2D eigenvalue weighted by molar-refractivity contribution is 9.09. The highest BCUT2D eigenvalue weighted by Gasteiger charge is 2.09. The van der Waals surface area contributed by atoms with Crippen molar-refractivity contribution in [3.05, 3.63) is 34.9 Å². The molecule has 0 unspecified atom stereocenters. The molecule has 90 valence electrons. The second kappa shape index (κ2) is 7.31. The lowest BCUT2D eigenvalue weighted by Crippen LogP contribution is -2.31. The molecule has 0 aliphatic heterocycles. The fourth-order valence-electron chi connectivity index (χ4n) is 1.61. The van der Waals surface area contributed by atoms with E-state index in [1.165, 1.54) is 12.0 Å². The molecule has 0 amide bonds. The summed E-state index contributed by atoms with van der Waals surface area (Å²) in [7, 11) is 0. The number of benzene rings is 1. The molecule has 0 spiro atoms. The van der Waals surface area contributed by atoms with Gasteiger partial charge in [-0.1, -0.05) is 39.7 Å². The molecule has 1 aromatic rings. The summed E-state index contributed by atoms with van der Waals surface area (Å²) in [5, 5.41) is 1.87. The highest BCUT2D eigenvalue weighted by atomic mass is 79.9. The van der Waals surface area contributed by atoms with E-state index in [0.29, 0.717) is 6.04 Å². The van der Waals surface area contributed by atoms with E-state index in [-0.39, 0.29) is 0 Å². The number of hydrogen-bond donors (Lipinski definition) is 0. The third-order valence-electron chi connectivity index (χ3n) is 2.61. The fourth-order valence-corrected chi connectivity index (χ4v) is 1.98. The zero-order valence-corrected chi connectivity index (χ0v) is 12.3. The summed E-state index contributed by atoms with van der Waals surface area (Å²) in [4.78, 5) is 2.48. The molecule has 1 rings (SSSR count). The largest absolute Gasteiger partial charge is 0.297 e. The van der Waals surface area contributed by atoms with Crippen molar-refractivity contribution < 1.29 is 0 Å². The van der Waals surface area contributed by atoms with Crippen LogP contribution < -0.4 is 0 Å². The number of hydrogen-bond acceptors (Lipinski definition) is 1. The Kier molecular flexibility index (Phi) is 6.40. The van der Waals surface area contributed by atoms with Crippen LogP contribution in [-0.4, -0.2) is 22.8 Å². The molecule has 3 heteroatoms. The van der Waals surface area contributed by atoms with Crippen LogP contribution in [0.4, 0.5) is 0 Å². The van der Waals surface area contributed by atoms with Gasteiger partial charge in [0.2, 0.25) is 0 Å². The van der Waals surface area contributed by atoms with Crippen LogP contribution in [0.3, 0.4) is 0 Å². The van der Waals surface area contributed by atoms with Crippen molar-refractivity contribution in [3.8, 4) is 0 Å². The first-order chi connectivity index (χ1) is 7.63. The van der Waals surface area contributed by atoms with Crippen LogP contribution in [0.15, 0.2) is 24.3 Å². The van der Waals surface area contributed by atoms with Crippen molar-refractivity contribution in [2.24, 2.45) is 0 Å². The van der Waals surface area contributed by atoms with Crippen molar-refractivity contribution in [2.45, 2.75) is 32.9 Å². The maximum absolute atomic E-state index is 5.87. The van der Waals surface area contributed by atoms with Crippen molar-refractivity contribution in [2.75, 3.05) is 11.9 Å². The first-order valence-electron chi connectivity index (χ1n) is 5.68. The first-order valence-corrected chi connectivity index (χ1v) is 7.18. The predicted octanol–water partition coefficient (Wildman–Crippen LogP) is 4.34. The average Bonchev–Trinajstić information content (AvgIpc) is 2.26. The number of nitrogens with zero attached hydrogens (tertiary/aromatic N) is 1. The molecule has 0 bridgehead atoms. The van der Waals surface area contributed by atoms with Gasteiger partial charge in [-0.25, -0.2) is 0 Å². The summed E-state index contributed by atoms with van der Waals surface area (Å²) in [5.41, 5.74) is 1.33. The van der Waals surface area contributed by atoms with Gasteiger partial charge in [-0.2, -0.15) is 0 Å². The fraction of sp³-hybridized carbons (Fsp3) is 0.538. The molecule has 1 nitrogen and oxygen atoms in total. The summed E-state index contributed by atoms with van der Waals surface area (Å²) >= 11 is 9.35. The van der Waals surface area contributed by atoms with Gasteiger partial charge >= 0.3 is 0 Å². The average molecular weight is 305 g/mol. The van der Waals surface area contributed by atoms with Gasteiger partial charge in [-0.15, -0.1) is 0 Å². The molecule has 0 atom stereocenters. The van der Waals surface area contributed by atoms with E-state index in [4.69, 9.17) is 11.6 Å². The van der Waals surface area contributed by atoms with Gasteiger partial charge in [0, 0.05) is 22.9 Å². The second-order valence-electron chi connectivity index (χ2n) is 4.23. The van der Waals surface area contributed by atoms with E-state index >= 15 is 0 Å². The maximum atomic E-state index is 5.87. The SMILES string of the molecule is CC(C)N(CCCBr)Cc1ccc(Cl)cc1. The molecule has 0 fully saturated rings. The van der Waals surface area contributed by atoms with Crippen LogP contribution in [0.5, 0.6) is 0 Å². The van der Waals surface area contributed by atoms with E-state index in [2.05, 4.69) is 46.8 Å². The van der Waals surface area contributed by atoms with Crippen LogP contribution in [0.1, 0.15) is 25.8 Å². The third-order valence-corrected chi connectivity index (χ3v) is 3.42. The van der Waals surface area contributed by atoms with Crippen molar-refractivity contribution in [1.29, 1.82) is 0 Å². The Hall–Kier alpha value is -0.0500. The Morgan fingerprint density at radius 3 is 2.38 bits per heavy atom. The molecular weight excluding hydrogens is 286 g/mol. The molecule has 0 aliphatic rings. The molecule has 0 heterocycles. The Morgan fingerprint density at radius 1 is 1.25 bits per heavy atom. The molecule has 0 aliphatic carbocycles. The maximum Gasteiger partial charge on any atom is 0.0406 e. The molecular formula is C13H19BrClN. The Morgan fingerprint density at radius 2 is 1.88 bits per heavy atom. The van der Waals surface area contributed by atoms with E-state index in [1.54, 1.807) is 0 Å². The smallest absolute Gasteiger partial charge is 0.0406 e. The van der Waals surface area contributed by atoms with Gasteiger partial charge in [0.1, 0.15) is 0 Å². The lowest BCUT2D eigenvalue weighted by Gasteiger charge is -2.26. The monoisotopic (exact) mass is 303 g/mol. The van der Waals surface area contributed by atoms with Crippen LogP contribution in [-0.2, 0) is 6.54 Å². The lowest BCUT2D eigenvalue weighted by atomic mass is 10.2. The zero-order chi connectivity index (χ0) is 12.0. The van der Waals surface area contributed by atoms with E-state index in [0.717, 1.165) is 23.4 Å². The van der Waals surface area contributed by atoms with Gasteiger partial charge in [0.25, 0.3) is 0 Å². The zero-order valence-electron chi connectivity index (χ0n) is 9.92. The molecule has 0 saturated carbocycles. The van der Waals surface area contributed by atoms with E-state index in [9.17, 15) is 0 Å². The molecule has 16 heavy (non-hydrogen) atoms. The third kappa shape index (κ3) is 4.86. The summed E-state index contributed by atoms with van der Waals surface area (Å²) in [5.74, 6) is 0. The predicted molar refractivity (Wildman–Crippen MR) is 75.4 cm³/mol. The minimum atomic E-state index is 0.578. The van der Waals surface area contributed by atoms with Crippen molar-refractivity contribution >= 4 is 27.5 Å². The molecule has 0 saturated heterocycles. The molecule has 0 radical (unpaired) electrons. The highest BCUT2D eigenvalue weighted by Crippen LogP contribution is 2.13. The quantitative estimate of drug-likeness (QED) is 0.707. The Balaban J connectivity index is 2.57. The normalized spacial score (nSPS) is 11.4. The van der Waals surface area contributed by atoms with Crippen molar-refractivity contribution in [3.63, 3.8) is 0 Å². The van der Waals surface area contributed by atoms with Gasteiger partial charge in [0.15, 0.2) is 0 Å². The summed E-state index contributed by atoms with van der Waals surface area (Å²) in [6.45, 7) is 6.61. The number of halogens is 2. The molecule has 1 aromatic carbocycles. The molecule has 0 aromatic heterocycles. The summed E-state index contributed by atoms with van der Waals surface area (Å²) in [6, 6.07) is 8.70. The second-order valence-corrected chi connectivity index (χ2v) is 5.46. The molecule has 0 N–H and O–H groups in total. The minimum Gasteiger partial charge on any atom is -0.297 e. The van der Waals surface area contributed by atoms with Crippen LogP contribution in [0, 0.1) is 0 Å². The van der Waals surface area contributed by atoms with Crippen LogP contribution in [0.25, 0.3) is 0 Å². The summed E-state index contributed by atoms with van der Waals surface area (Å²) < 4.78 is 0. The first kappa shape index (κ1) is 14.0. The van der Waals surface area contributed by atoms with E-state index < -0.39 is 0 Å². The van der Waals surface area contributed by atoms with Gasteiger partial charge in [-0.05, 0) is 44.5 Å². The summed E-state index contributed by atoms with van der Waals surface area (Å²) in [6.07, 6.45) is 1.19. The Labute approximate surface area is 112 Å². The van der Waals surface area contributed by atoms with Gasteiger partial charge in [0.05, 0.1) is 0 Å². The van der Waals surface area contributed by atoms with E-state index in [1.807, 2.05) is 12.1 Å². The van der Waals surface area contributed by atoms with Gasteiger partial charge in [-0.3, -0.25) is 4.90 Å². The topological polar surface area (TPSA) is 3.24 Å².